The maximum Gasteiger partial charge on any atom is 0.249 e. The van der Waals surface area contributed by atoms with Crippen molar-refractivity contribution < 1.29 is 50.0 Å². The molecule has 0 saturated carbocycles. The molecule has 0 aromatic heterocycles. The minimum absolute atomic E-state index is 0.241. The van der Waals surface area contributed by atoms with Crippen LogP contribution in [0.25, 0.3) is 0 Å². The molecular weight excluding hydrogens is 1100 g/mol. The molecule has 516 valence electrons. The minimum Gasteiger partial charge on any atom is -0.394 e. The van der Waals surface area contributed by atoms with Gasteiger partial charge in [0.25, 0.3) is 0 Å². The van der Waals surface area contributed by atoms with Crippen LogP contribution in [-0.2, 0) is 14.3 Å². The molecule has 88 heavy (non-hydrogen) atoms. The van der Waals surface area contributed by atoms with Gasteiger partial charge in [0.15, 0.2) is 6.29 Å². The molecule has 0 aromatic rings. The van der Waals surface area contributed by atoms with Crippen molar-refractivity contribution in [1.82, 2.24) is 5.32 Å². The summed E-state index contributed by atoms with van der Waals surface area (Å²) in [5.74, 6) is -0.709. The van der Waals surface area contributed by atoms with Crippen molar-refractivity contribution in [2.45, 2.75) is 409 Å². The number of aliphatic hydroxyl groups excluding tert-OH is 7. The molecule has 9 unspecified atom stereocenters. The van der Waals surface area contributed by atoms with E-state index < -0.39 is 74.2 Å². The van der Waals surface area contributed by atoms with Crippen LogP contribution in [0, 0.1) is 0 Å². The number of carbonyl (C=O) groups is 1. The fourth-order valence-corrected chi connectivity index (χ4v) is 12.0. The van der Waals surface area contributed by atoms with E-state index >= 15 is 0 Å². The lowest BCUT2D eigenvalue weighted by Crippen LogP contribution is -2.60. The van der Waals surface area contributed by atoms with Gasteiger partial charge in [0.05, 0.1) is 25.4 Å². The first-order chi connectivity index (χ1) is 43.2. The van der Waals surface area contributed by atoms with Crippen molar-refractivity contribution in [3.8, 4) is 0 Å². The summed E-state index contributed by atoms with van der Waals surface area (Å²) < 4.78 is 11.2. The van der Waals surface area contributed by atoms with Crippen molar-refractivity contribution in [2.75, 3.05) is 13.2 Å². The monoisotopic (exact) mass is 1240 g/mol. The van der Waals surface area contributed by atoms with Gasteiger partial charge in [-0.1, -0.05) is 319 Å². The molecule has 1 amide bonds. The molecule has 0 spiro atoms. The molecule has 1 aliphatic heterocycles. The Kier molecular flexibility index (Phi) is 61.8. The first-order valence-electron chi connectivity index (χ1n) is 37.7. The highest BCUT2D eigenvalue weighted by Gasteiger charge is 2.44. The van der Waals surface area contributed by atoms with E-state index in [2.05, 4.69) is 79.9 Å². The zero-order valence-corrected chi connectivity index (χ0v) is 57.2. The molecule has 1 aliphatic rings. The Bertz CT molecular complexity index is 1620. The van der Waals surface area contributed by atoms with Crippen molar-refractivity contribution in [3.05, 3.63) is 60.8 Å². The van der Waals surface area contributed by atoms with Crippen LogP contribution >= 0.6 is 0 Å². The molecule has 8 N–H and O–H groups in total. The third kappa shape index (κ3) is 51.3. The van der Waals surface area contributed by atoms with E-state index in [-0.39, 0.29) is 12.8 Å². The lowest BCUT2D eigenvalue weighted by molar-refractivity contribution is -0.303. The van der Waals surface area contributed by atoms with E-state index in [9.17, 15) is 40.5 Å². The molecule has 0 bridgehead atoms. The van der Waals surface area contributed by atoms with Crippen LogP contribution in [0.4, 0.5) is 0 Å². The quantitative estimate of drug-likeness (QED) is 0.0215. The van der Waals surface area contributed by atoms with Crippen molar-refractivity contribution in [1.29, 1.82) is 0 Å². The van der Waals surface area contributed by atoms with Crippen LogP contribution < -0.4 is 5.32 Å². The maximum absolute atomic E-state index is 13.3. The number of hydrogen-bond donors (Lipinski definition) is 8. The summed E-state index contributed by atoms with van der Waals surface area (Å²) in [4.78, 5) is 13.3. The fourth-order valence-electron chi connectivity index (χ4n) is 12.0. The second-order valence-corrected chi connectivity index (χ2v) is 26.3. The molecule has 1 fully saturated rings. The molecule has 0 aromatic carbocycles. The molecule has 11 heteroatoms. The van der Waals surface area contributed by atoms with Gasteiger partial charge in [-0.15, -0.1) is 0 Å². The van der Waals surface area contributed by atoms with Crippen molar-refractivity contribution in [3.63, 3.8) is 0 Å². The standard InChI is InChI=1S/C77H143NO10/c1-3-5-7-9-11-13-15-17-19-21-23-25-27-29-31-32-33-34-35-36-37-39-41-43-45-47-49-51-53-55-57-59-61-63-65-70(81)76(86)78-68(67-87-77-75(85)74(84)73(83)71(66-79)88-77)72(82)69(80)64-62-60-58-56-54-52-50-48-46-44-42-40-38-30-28-26-24-22-20-18-16-14-12-10-8-6-4-2/h27,29,32-33,40,42,48,50,56,58,68-75,77,79-85H,3-26,28,30-31,34-39,41,43-47,49,51-55,57,59-67H2,1-2H3,(H,78,86)/b29-27-,33-32-,42-40+,50-48+,58-56+. The Morgan fingerprint density at radius 1 is 0.398 bits per heavy atom. The third-order valence-electron chi connectivity index (χ3n) is 18.0. The van der Waals surface area contributed by atoms with Gasteiger partial charge in [0, 0.05) is 0 Å². The van der Waals surface area contributed by atoms with Gasteiger partial charge in [0.1, 0.15) is 36.6 Å². The number of hydrogen-bond acceptors (Lipinski definition) is 10. The first kappa shape index (κ1) is 83.8. The Balaban J connectivity index is 2.20. The van der Waals surface area contributed by atoms with Crippen LogP contribution in [0.2, 0.25) is 0 Å². The highest BCUT2D eigenvalue weighted by Crippen LogP contribution is 2.24. The van der Waals surface area contributed by atoms with Crippen LogP contribution in [0.1, 0.15) is 354 Å². The summed E-state index contributed by atoms with van der Waals surface area (Å²) in [5, 5.41) is 76.6. The molecule has 0 radical (unpaired) electrons. The predicted molar refractivity (Wildman–Crippen MR) is 371 cm³/mol. The van der Waals surface area contributed by atoms with E-state index in [4.69, 9.17) is 9.47 Å². The van der Waals surface area contributed by atoms with Gasteiger partial charge in [-0.25, -0.2) is 0 Å². The van der Waals surface area contributed by atoms with E-state index in [1.54, 1.807) is 0 Å². The summed E-state index contributed by atoms with van der Waals surface area (Å²) in [5.41, 5.74) is 0. The number of rotatable bonds is 66. The van der Waals surface area contributed by atoms with Crippen molar-refractivity contribution >= 4 is 5.91 Å². The molecule has 0 aliphatic carbocycles. The Hall–Kier alpha value is -2.19. The second kappa shape index (κ2) is 64.9. The summed E-state index contributed by atoms with van der Waals surface area (Å²) >= 11 is 0. The summed E-state index contributed by atoms with van der Waals surface area (Å²) in [7, 11) is 0. The second-order valence-electron chi connectivity index (χ2n) is 26.3. The number of aliphatic hydroxyl groups is 7. The van der Waals surface area contributed by atoms with Gasteiger partial charge in [-0.3, -0.25) is 4.79 Å². The van der Waals surface area contributed by atoms with E-state index in [1.165, 1.54) is 257 Å². The van der Waals surface area contributed by atoms with E-state index in [0.29, 0.717) is 19.3 Å². The zero-order valence-electron chi connectivity index (χ0n) is 57.2. The van der Waals surface area contributed by atoms with E-state index in [0.717, 1.165) is 51.4 Å². The Morgan fingerprint density at radius 2 is 0.716 bits per heavy atom. The minimum atomic E-state index is -1.68. The van der Waals surface area contributed by atoms with Crippen LogP contribution in [0.3, 0.4) is 0 Å². The smallest absolute Gasteiger partial charge is 0.249 e. The normalized spacial score (nSPS) is 18.9. The average Bonchev–Trinajstić information content (AvgIpc) is 3.61. The zero-order chi connectivity index (χ0) is 63.9. The third-order valence-corrected chi connectivity index (χ3v) is 18.0. The predicted octanol–water partition coefficient (Wildman–Crippen LogP) is 18.9. The fraction of sp³-hybridized carbons (Fsp3) is 0.857. The Morgan fingerprint density at radius 3 is 1.08 bits per heavy atom. The Labute approximate surface area is 542 Å². The van der Waals surface area contributed by atoms with Gasteiger partial charge >= 0.3 is 0 Å². The highest BCUT2D eigenvalue weighted by molar-refractivity contribution is 5.80. The summed E-state index contributed by atoms with van der Waals surface area (Å²) in [6.45, 7) is 3.49. The van der Waals surface area contributed by atoms with Crippen LogP contribution in [-0.4, -0.2) is 110 Å². The molecule has 9 atom stereocenters. The molecular formula is C77H143NO10. The highest BCUT2D eigenvalue weighted by atomic mass is 16.7. The number of nitrogens with one attached hydrogen (secondary N) is 1. The summed E-state index contributed by atoms with van der Waals surface area (Å²) in [6.07, 6.45) is 76.1. The van der Waals surface area contributed by atoms with Crippen LogP contribution in [0.15, 0.2) is 60.8 Å². The largest absolute Gasteiger partial charge is 0.394 e. The lowest BCUT2D eigenvalue weighted by Gasteiger charge is -2.40. The SMILES string of the molecule is CCCCCCCCCCCCC/C=C\C/C=C\CCCCCCCCCCCCCCCCCCC(O)C(=O)NC(COC1OC(CO)C(O)C(O)C1O)C(O)C(O)CCC/C=C/CC/C=C/CC/C=C/CCCCCCCCCCCCCCCC. The molecule has 11 nitrogen and oxygen atoms in total. The number of amides is 1. The number of unbranched alkanes of at least 4 members (excludes halogenated alkanes) is 44. The van der Waals surface area contributed by atoms with Crippen molar-refractivity contribution in [2.24, 2.45) is 0 Å². The van der Waals surface area contributed by atoms with Crippen LogP contribution in [0.5, 0.6) is 0 Å². The number of ether oxygens (including phenoxy) is 2. The van der Waals surface area contributed by atoms with Gasteiger partial charge < -0.3 is 50.5 Å². The molecule has 1 saturated heterocycles. The number of carbonyl (C=O) groups excluding carboxylic acids is 1. The maximum atomic E-state index is 13.3. The van der Waals surface area contributed by atoms with E-state index in [1.807, 2.05) is 0 Å². The molecule has 1 rings (SSSR count). The lowest BCUT2D eigenvalue weighted by atomic mass is 9.98. The van der Waals surface area contributed by atoms with Gasteiger partial charge in [0.2, 0.25) is 5.91 Å². The van der Waals surface area contributed by atoms with Gasteiger partial charge in [-0.2, -0.15) is 0 Å². The topological polar surface area (TPSA) is 189 Å². The van der Waals surface area contributed by atoms with Gasteiger partial charge in [-0.05, 0) is 96.3 Å². The molecule has 1 heterocycles. The number of allylic oxidation sites excluding steroid dienone is 10. The first-order valence-corrected chi connectivity index (χ1v) is 37.7. The summed E-state index contributed by atoms with van der Waals surface area (Å²) in [6, 6.07) is -1.20. The average molecular weight is 1240 g/mol.